The van der Waals surface area contributed by atoms with Gasteiger partial charge in [0, 0.05) is 9.35 Å². The summed E-state index contributed by atoms with van der Waals surface area (Å²) in [6, 6.07) is 5.62. The number of rotatable bonds is 3. The first-order chi connectivity index (χ1) is 10.4. The number of benzene rings is 1. The van der Waals surface area contributed by atoms with Crippen LogP contribution in [0.25, 0.3) is 0 Å². The van der Waals surface area contributed by atoms with Gasteiger partial charge in [-0.1, -0.05) is 15.9 Å². The van der Waals surface area contributed by atoms with E-state index in [1.165, 1.54) is 18.4 Å². The molecule has 1 heterocycles. The van der Waals surface area contributed by atoms with Crippen molar-refractivity contribution in [3.05, 3.63) is 42.6 Å². The van der Waals surface area contributed by atoms with Crippen molar-refractivity contribution < 1.29 is 9.53 Å². The van der Waals surface area contributed by atoms with Crippen LogP contribution in [-0.4, -0.2) is 13.0 Å². The Morgan fingerprint density at radius 2 is 2.05 bits per heavy atom. The molecule has 4 nitrogen and oxygen atoms in total. The largest absolute Gasteiger partial charge is 0.495 e. The van der Waals surface area contributed by atoms with Gasteiger partial charge < -0.3 is 10.1 Å². The number of amides is 1. The van der Waals surface area contributed by atoms with Crippen LogP contribution in [0.4, 0.5) is 5.00 Å². The summed E-state index contributed by atoms with van der Waals surface area (Å²) in [4.78, 5) is 13.6. The summed E-state index contributed by atoms with van der Waals surface area (Å²) in [5.41, 5.74) is 1.78. The molecule has 0 bridgehead atoms. The molecule has 1 amide bonds. The first kappa shape index (κ1) is 17.0. The number of ether oxygens (including phenoxy) is 1. The van der Waals surface area contributed by atoms with Crippen molar-refractivity contribution >= 4 is 54.1 Å². The molecule has 114 valence electrons. The zero-order chi connectivity index (χ0) is 16.4. The highest BCUT2D eigenvalue weighted by Crippen LogP contribution is 2.35. The lowest BCUT2D eigenvalue weighted by molar-refractivity contribution is 0.102. The smallest absolute Gasteiger partial charge is 0.260 e. The maximum absolute atomic E-state index is 12.6. The van der Waals surface area contributed by atoms with E-state index in [1.807, 2.05) is 13.8 Å². The van der Waals surface area contributed by atoms with E-state index in [1.54, 1.807) is 12.1 Å². The molecule has 0 aliphatic heterocycles. The van der Waals surface area contributed by atoms with Crippen LogP contribution in [0, 0.1) is 25.2 Å². The molecule has 0 atom stereocenters. The minimum absolute atomic E-state index is 0.323. The number of halogens is 2. The minimum atomic E-state index is -0.323. The molecule has 1 N–H and O–H groups in total. The average Bonchev–Trinajstić information content (AvgIpc) is 2.72. The summed E-state index contributed by atoms with van der Waals surface area (Å²) in [5.74, 6) is 0.126. The van der Waals surface area contributed by atoms with Gasteiger partial charge in [0.05, 0.1) is 22.7 Å². The van der Waals surface area contributed by atoms with E-state index in [9.17, 15) is 10.1 Å². The molecule has 0 radical (unpaired) electrons. The van der Waals surface area contributed by atoms with Gasteiger partial charge in [-0.3, -0.25) is 4.79 Å². The number of carbonyl (C=O) groups excluding carboxylic acids is 1. The number of carbonyl (C=O) groups is 1. The molecule has 2 aromatic rings. The molecule has 7 heteroatoms. The van der Waals surface area contributed by atoms with Crippen molar-refractivity contribution in [2.24, 2.45) is 0 Å². The Balaban J connectivity index is 2.43. The molecule has 1 aromatic heterocycles. The Bertz CT molecular complexity index is 794. The van der Waals surface area contributed by atoms with Gasteiger partial charge >= 0.3 is 0 Å². The summed E-state index contributed by atoms with van der Waals surface area (Å²) in [7, 11) is 1.50. The zero-order valence-corrected chi connectivity index (χ0v) is 16.1. The highest BCUT2D eigenvalue weighted by atomic mass is 79.9. The van der Waals surface area contributed by atoms with Gasteiger partial charge in [0.25, 0.3) is 5.91 Å². The second kappa shape index (κ2) is 6.82. The normalized spacial score (nSPS) is 10.2. The van der Waals surface area contributed by atoms with Crippen molar-refractivity contribution in [1.82, 2.24) is 0 Å². The molecular formula is C15H12Br2N2O2S. The number of methoxy groups -OCH3 is 1. The number of aryl methyl sites for hydroxylation is 1. The molecule has 0 aliphatic rings. The number of anilines is 1. The fourth-order valence-electron chi connectivity index (χ4n) is 1.96. The van der Waals surface area contributed by atoms with E-state index in [4.69, 9.17) is 4.74 Å². The van der Waals surface area contributed by atoms with Crippen LogP contribution < -0.4 is 10.1 Å². The van der Waals surface area contributed by atoms with Gasteiger partial charge in [-0.2, -0.15) is 5.26 Å². The quantitative estimate of drug-likeness (QED) is 0.723. The molecule has 0 spiro atoms. The average molecular weight is 444 g/mol. The number of thiophene rings is 1. The third kappa shape index (κ3) is 3.19. The standard InChI is InChI=1S/C15H12Br2N2O2S/c1-7-8(2)22-15(11(7)6-18)19-14(20)10-4-9(16)5-12(17)13(10)21-3/h4-5H,1-3H3,(H,19,20). The van der Waals surface area contributed by atoms with Gasteiger partial charge in [-0.25, -0.2) is 0 Å². The van der Waals surface area contributed by atoms with Crippen LogP contribution in [-0.2, 0) is 0 Å². The number of nitrogens with zero attached hydrogens (tertiary/aromatic N) is 1. The topological polar surface area (TPSA) is 62.1 Å². The number of nitriles is 1. The zero-order valence-electron chi connectivity index (χ0n) is 12.1. The third-order valence-corrected chi connectivity index (χ3v) is 5.35. The maximum atomic E-state index is 12.6. The Kier molecular flexibility index (Phi) is 5.27. The monoisotopic (exact) mass is 442 g/mol. The molecular weight excluding hydrogens is 432 g/mol. The highest BCUT2D eigenvalue weighted by Gasteiger charge is 2.20. The lowest BCUT2D eigenvalue weighted by Gasteiger charge is -2.11. The first-order valence-corrected chi connectivity index (χ1v) is 8.63. The fourth-order valence-corrected chi connectivity index (χ4v) is 4.35. The number of hydrogen-bond acceptors (Lipinski definition) is 4. The fraction of sp³-hybridized carbons (Fsp3) is 0.200. The van der Waals surface area contributed by atoms with E-state index < -0.39 is 0 Å². The predicted molar refractivity (Wildman–Crippen MR) is 94.9 cm³/mol. The van der Waals surface area contributed by atoms with Gasteiger partial charge in [-0.15, -0.1) is 11.3 Å². The van der Waals surface area contributed by atoms with Gasteiger partial charge in [0.2, 0.25) is 0 Å². The number of nitrogens with one attached hydrogen (secondary N) is 1. The van der Waals surface area contributed by atoms with Crippen LogP contribution in [0.3, 0.4) is 0 Å². The van der Waals surface area contributed by atoms with Crippen molar-refractivity contribution in [1.29, 1.82) is 5.26 Å². The molecule has 0 aliphatic carbocycles. The summed E-state index contributed by atoms with van der Waals surface area (Å²) < 4.78 is 6.71. The summed E-state index contributed by atoms with van der Waals surface area (Å²) >= 11 is 8.12. The highest BCUT2D eigenvalue weighted by molar-refractivity contribution is 9.11. The second-order valence-electron chi connectivity index (χ2n) is 4.52. The minimum Gasteiger partial charge on any atom is -0.495 e. The molecule has 0 unspecified atom stereocenters. The van der Waals surface area contributed by atoms with E-state index in [0.717, 1.165) is 14.9 Å². The first-order valence-electron chi connectivity index (χ1n) is 6.23. The molecule has 2 rings (SSSR count). The maximum Gasteiger partial charge on any atom is 0.260 e. The van der Waals surface area contributed by atoms with E-state index in [2.05, 4.69) is 43.2 Å². The predicted octanol–water partition coefficient (Wildman–Crippen LogP) is 5.02. The molecule has 1 aromatic carbocycles. The Hall–Kier alpha value is -1.36. The van der Waals surface area contributed by atoms with Crippen molar-refractivity contribution in [2.45, 2.75) is 13.8 Å². The summed E-state index contributed by atoms with van der Waals surface area (Å²) in [6.45, 7) is 3.79. The van der Waals surface area contributed by atoms with Gasteiger partial charge in [0.15, 0.2) is 0 Å². The van der Waals surface area contributed by atoms with Crippen molar-refractivity contribution in [2.75, 3.05) is 12.4 Å². The number of hydrogen-bond donors (Lipinski definition) is 1. The third-order valence-electron chi connectivity index (χ3n) is 3.18. The van der Waals surface area contributed by atoms with Crippen LogP contribution in [0.1, 0.15) is 26.4 Å². The second-order valence-corrected chi connectivity index (χ2v) is 7.52. The van der Waals surface area contributed by atoms with Crippen LogP contribution in [0.2, 0.25) is 0 Å². The van der Waals surface area contributed by atoms with Crippen molar-refractivity contribution in [3.8, 4) is 11.8 Å². The molecule has 0 saturated carbocycles. The molecule has 0 saturated heterocycles. The molecule has 22 heavy (non-hydrogen) atoms. The van der Waals surface area contributed by atoms with Crippen LogP contribution in [0.15, 0.2) is 21.1 Å². The summed E-state index contributed by atoms with van der Waals surface area (Å²) in [5, 5.41) is 12.6. The Labute approximate surface area is 149 Å². The van der Waals surface area contributed by atoms with Crippen molar-refractivity contribution in [3.63, 3.8) is 0 Å². The SMILES string of the molecule is COc1c(Br)cc(Br)cc1C(=O)Nc1sc(C)c(C)c1C#N. The van der Waals surface area contributed by atoms with E-state index in [-0.39, 0.29) is 5.91 Å². The van der Waals surface area contributed by atoms with Gasteiger partial charge in [0.1, 0.15) is 16.8 Å². The van der Waals surface area contributed by atoms with E-state index >= 15 is 0 Å². The van der Waals surface area contributed by atoms with E-state index in [0.29, 0.717) is 26.4 Å². The van der Waals surface area contributed by atoms with Crippen LogP contribution >= 0.6 is 43.2 Å². The lowest BCUT2D eigenvalue weighted by atomic mass is 10.1. The lowest BCUT2D eigenvalue weighted by Crippen LogP contribution is -2.13. The molecule has 0 fully saturated rings. The van der Waals surface area contributed by atoms with Gasteiger partial charge in [-0.05, 0) is 47.5 Å². The summed E-state index contributed by atoms with van der Waals surface area (Å²) in [6.07, 6.45) is 0. The Morgan fingerprint density at radius 3 is 2.64 bits per heavy atom. The van der Waals surface area contributed by atoms with Crippen LogP contribution in [0.5, 0.6) is 5.75 Å². The Morgan fingerprint density at radius 1 is 1.36 bits per heavy atom.